The summed E-state index contributed by atoms with van der Waals surface area (Å²) < 4.78 is 5.58. The highest BCUT2D eigenvalue weighted by Gasteiger charge is 2.17. The van der Waals surface area contributed by atoms with E-state index in [4.69, 9.17) is 9.68 Å². The number of hydrogen-bond donors (Lipinski definition) is 0. The van der Waals surface area contributed by atoms with Gasteiger partial charge in [-0.2, -0.15) is 5.26 Å². The number of thioether (sulfide) groups is 1. The lowest BCUT2D eigenvalue weighted by Gasteiger charge is -2.18. The number of nitrogens with zero attached hydrogens (tertiary/aromatic N) is 3. The fourth-order valence-corrected chi connectivity index (χ4v) is 2.83. The first kappa shape index (κ1) is 15.1. The van der Waals surface area contributed by atoms with Gasteiger partial charge >= 0.3 is 0 Å². The van der Waals surface area contributed by atoms with Crippen molar-refractivity contribution in [2.24, 2.45) is 0 Å². The number of aromatic nitrogens is 1. The van der Waals surface area contributed by atoms with Crippen LogP contribution in [0.5, 0.6) is 0 Å². The highest BCUT2D eigenvalue weighted by molar-refractivity contribution is 7.99. The zero-order chi connectivity index (χ0) is 16.1. The normalized spacial score (nSPS) is 10.4. The van der Waals surface area contributed by atoms with Gasteiger partial charge in [-0.15, -0.1) is 0 Å². The Kier molecular flexibility index (Phi) is 4.60. The van der Waals surface area contributed by atoms with Gasteiger partial charge in [0.2, 0.25) is 5.91 Å². The summed E-state index contributed by atoms with van der Waals surface area (Å²) in [7, 11) is 0. The summed E-state index contributed by atoms with van der Waals surface area (Å²) >= 11 is 1.22. The molecule has 23 heavy (non-hydrogen) atoms. The Bertz CT molecular complexity index is 822. The topological polar surface area (TPSA) is 70.1 Å². The molecule has 0 radical (unpaired) electrons. The molecule has 0 saturated heterocycles. The molecule has 0 spiro atoms. The molecule has 0 aliphatic carbocycles. The van der Waals surface area contributed by atoms with E-state index in [9.17, 15) is 4.79 Å². The van der Waals surface area contributed by atoms with Crippen LogP contribution in [0, 0.1) is 11.3 Å². The molecular formula is C17H13N3O2S. The molecule has 0 fully saturated rings. The summed E-state index contributed by atoms with van der Waals surface area (Å²) in [6.45, 7) is 0.0109. The van der Waals surface area contributed by atoms with Crippen LogP contribution in [0.1, 0.15) is 0 Å². The molecule has 0 aliphatic rings. The number of anilines is 1. The van der Waals surface area contributed by atoms with E-state index in [0.717, 1.165) is 5.52 Å². The predicted octanol–water partition coefficient (Wildman–Crippen LogP) is 3.48. The number of hydrogen-bond acceptors (Lipinski definition) is 5. The number of fused-ring (bicyclic) bond motifs is 1. The van der Waals surface area contributed by atoms with Gasteiger partial charge in [-0.05, 0) is 24.3 Å². The number of oxazole rings is 1. The third-order valence-corrected chi connectivity index (χ3v) is 4.00. The zero-order valence-corrected chi connectivity index (χ0v) is 13.0. The highest BCUT2D eigenvalue weighted by Crippen LogP contribution is 2.24. The Hall–Kier alpha value is -2.78. The van der Waals surface area contributed by atoms with E-state index in [0.29, 0.717) is 16.5 Å². The van der Waals surface area contributed by atoms with Crippen molar-refractivity contribution >= 4 is 34.5 Å². The van der Waals surface area contributed by atoms with E-state index in [1.807, 2.05) is 48.5 Å². The molecule has 0 saturated carbocycles. The summed E-state index contributed by atoms with van der Waals surface area (Å²) in [5, 5.41) is 9.39. The monoisotopic (exact) mass is 323 g/mol. The maximum atomic E-state index is 12.4. The van der Waals surface area contributed by atoms with Crippen LogP contribution >= 0.6 is 11.8 Å². The Morgan fingerprint density at radius 3 is 2.65 bits per heavy atom. The van der Waals surface area contributed by atoms with Crippen LogP contribution in [0.2, 0.25) is 0 Å². The number of benzene rings is 2. The van der Waals surface area contributed by atoms with Crippen LogP contribution < -0.4 is 4.90 Å². The summed E-state index contributed by atoms with van der Waals surface area (Å²) in [5.41, 5.74) is 2.16. The molecule has 0 N–H and O–H groups in total. The largest absolute Gasteiger partial charge is 0.431 e. The number of carbonyl (C=O) groups excluding carboxylic acids is 1. The van der Waals surface area contributed by atoms with Crippen molar-refractivity contribution in [1.82, 2.24) is 4.98 Å². The number of carbonyl (C=O) groups is 1. The van der Waals surface area contributed by atoms with Crippen molar-refractivity contribution in [3.8, 4) is 6.07 Å². The minimum absolute atomic E-state index is 0.0109. The van der Waals surface area contributed by atoms with E-state index in [2.05, 4.69) is 4.98 Å². The fraction of sp³-hybridized carbons (Fsp3) is 0.118. The third kappa shape index (κ3) is 3.52. The van der Waals surface area contributed by atoms with Gasteiger partial charge in [0.25, 0.3) is 5.22 Å². The first-order chi connectivity index (χ1) is 11.3. The molecule has 1 aromatic heterocycles. The van der Waals surface area contributed by atoms with Crippen molar-refractivity contribution in [2.75, 3.05) is 17.2 Å². The fourth-order valence-electron chi connectivity index (χ4n) is 2.12. The predicted molar refractivity (Wildman–Crippen MR) is 89.1 cm³/mol. The average Bonchev–Trinajstić information content (AvgIpc) is 3.01. The molecule has 0 bridgehead atoms. The molecule has 0 unspecified atom stereocenters. The molecule has 2 aromatic carbocycles. The Morgan fingerprint density at radius 1 is 1.17 bits per heavy atom. The van der Waals surface area contributed by atoms with Crippen LogP contribution in [-0.2, 0) is 4.79 Å². The number of rotatable bonds is 5. The molecule has 6 heteroatoms. The van der Waals surface area contributed by atoms with E-state index in [1.54, 1.807) is 12.1 Å². The molecule has 3 aromatic rings. The minimum Gasteiger partial charge on any atom is -0.431 e. The lowest BCUT2D eigenvalue weighted by molar-refractivity contribution is -0.116. The van der Waals surface area contributed by atoms with Crippen molar-refractivity contribution in [3.05, 3.63) is 54.6 Å². The smallest absolute Gasteiger partial charge is 0.257 e. The van der Waals surface area contributed by atoms with Crippen molar-refractivity contribution in [2.45, 2.75) is 5.22 Å². The Labute approximate surface area is 137 Å². The molecule has 3 rings (SSSR count). The quantitative estimate of drug-likeness (QED) is 0.531. The van der Waals surface area contributed by atoms with Gasteiger partial charge in [-0.25, -0.2) is 4.98 Å². The van der Waals surface area contributed by atoms with Gasteiger partial charge in [-0.3, -0.25) is 9.69 Å². The minimum atomic E-state index is -0.162. The molecule has 5 nitrogen and oxygen atoms in total. The SMILES string of the molecule is N#CCN(C(=O)CSc1nc2ccccc2o1)c1ccccc1. The standard InChI is InChI=1S/C17H13N3O2S/c18-10-11-20(13-6-2-1-3-7-13)16(21)12-23-17-19-14-8-4-5-9-15(14)22-17/h1-9H,11-12H2. The van der Waals surface area contributed by atoms with Crippen molar-refractivity contribution < 1.29 is 9.21 Å². The summed E-state index contributed by atoms with van der Waals surface area (Å²) in [4.78, 5) is 18.2. The van der Waals surface area contributed by atoms with Crippen LogP contribution in [0.4, 0.5) is 5.69 Å². The zero-order valence-electron chi connectivity index (χ0n) is 12.2. The molecule has 1 amide bonds. The lowest BCUT2D eigenvalue weighted by atomic mass is 10.3. The van der Waals surface area contributed by atoms with Gasteiger partial charge in [-0.1, -0.05) is 42.1 Å². The molecule has 0 atom stereocenters. The van der Waals surface area contributed by atoms with Gasteiger partial charge in [0.05, 0.1) is 11.8 Å². The highest BCUT2D eigenvalue weighted by atomic mass is 32.2. The summed E-state index contributed by atoms with van der Waals surface area (Å²) in [6, 6.07) is 18.6. The average molecular weight is 323 g/mol. The maximum Gasteiger partial charge on any atom is 0.257 e. The van der Waals surface area contributed by atoms with Crippen LogP contribution in [-0.4, -0.2) is 23.2 Å². The molecule has 114 valence electrons. The van der Waals surface area contributed by atoms with Gasteiger partial charge in [0, 0.05) is 5.69 Å². The van der Waals surface area contributed by atoms with E-state index >= 15 is 0 Å². The van der Waals surface area contributed by atoms with Crippen LogP contribution in [0.3, 0.4) is 0 Å². The molecular weight excluding hydrogens is 310 g/mol. The molecule has 0 aliphatic heterocycles. The van der Waals surface area contributed by atoms with Crippen molar-refractivity contribution in [1.29, 1.82) is 5.26 Å². The van der Waals surface area contributed by atoms with E-state index in [-0.39, 0.29) is 18.2 Å². The van der Waals surface area contributed by atoms with Gasteiger partial charge in [0.1, 0.15) is 12.1 Å². The first-order valence-corrected chi connectivity index (χ1v) is 7.97. The molecule has 1 heterocycles. The first-order valence-electron chi connectivity index (χ1n) is 6.98. The second-order valence-electron chi connectivity index (χ2n) is 4.71. The lowest BCUT2D eigenvalue weighted by Crippen LogP contribution is -2.32. The van der Waals surface area contributed by atoms with Gasteiger partial charge < -0.3 is 4.42 Å². The number of nitriles is 1. The second kappa shape index (κ2) is 6.99. The Morgan fingerprint density at radius 2 is 1.91 bits per heavy atom. The van der Waals surface area contributed by atoms with Crippen molar-refractivity contribution in [3.63, 3.8) is 0 Å². The third-order valence-electron chi connectivity index (χ3n) is 3.19. The van der Waals surface area contributed by atoms with E-state index in [1.165, 1.54) is 16.7 Å². The maximum absolute atomic E-state index is 12.4. The summed E-state index contributed by atoms with van der Waals surface area (Å²) in [5.74, 6) is -0.00588. The van der Waals surface area contributed by atoms with E-state index < -0.39 is 0 Å². The second-order valence-corrected chi connectivity index (χ2v) is 5.64. The number of para-hydroxylation sites is 3. The van der Waals surface area contributed by atoms with Crippen LogP contribution in [0.25, 0.3) is 11.1 Å². The van der Waals surface area contributed by atoms with Crippen LogP contribution in [0.15, 0.2) is 64.2 Å². The van der Waals surface area contributed by atoms with Gasteiger partial charge in [0.15, 0.2) is 5.58 Å². The Balaban J connectivity index is 1.70. The summed E-state index contributed by atoms with van der Waals surface area (Å²) in [6.07, 6.45) is 0. The number of amides is 1.